The predicted octanol–water partition coefficient (Wildman–Crippen LogP) is 3.44. The van der Waals surface area contributed by atoms with Gasteiger partial charge >= 0.3 is 5.97 Å². The molecule has 0 unspecified atom stereocenters. The Morgan fingerprint density at radius 1 is 0.966 bits per heavy atom. The summed E-state index contributed by atoms with van der Waals surface area (Å²) in [5.41, 5.74) is 0.878. The van der Waals surface area contributed by atoms with E-state index in [4.69, 9.17) is 18.9 Å². The molecule has 0 fully saturated rings. The molecule has 0 saturated heterocycles. The second-order valence-corrected chi connectivity index (χ2v) is 6.92. The Kier molecular flexibility index (Phi) is 8.79. The number of ether oxygens (including phenoxy) is 4. The molecule has 2 aromatic carbocycles. The average Bonchev–Trinajstić information content (AvgIpc) is 2.75. The molecule has 0 spiro atoms. The zero-order valence-corrected chi connectivity index (χ0v) is 18.2. The quantitative estimate of drug-likeness (QED) is 0.500. The normalized spacial score (nSPS) is 10.2. The lowest BCUT2D eigenvalue weighted by molar-refractivity contribution is -0.153. The first-order valence-corrected chi connectivity index (χ1v) is 9.78. The Labute approximate surface area is 178 Å². The predicted molar refractivity (Wildman–Crippen MR) is 111 cm³/mol. The molecule has 8 heteroatoms. The highest BCUT2D eigenvalue weighted by molar-refractivity contribution is 9.10. The van der Waals surface area contributed by atoms with Crippen LogP contribution >= 0.6 is 15.9 Å². The van der Waals surface area contributed by atoms with Crippen LogP contribution in [0, 0.1) is 0 Å². The van der Waals surface area contributed by atoms with Crippen molar-refractivity contribution in [3.05, 3.63) is 52.5 Å². The minimum absolute atomic E-state index is 0.267. The molecule has 0 bridgehead atoms. The van der Waals surface area contributed by atoms with Gasteiger partial charge in [0.15, 0.2) is 24.7 Å². The van der Waals surface area contributed by atoms with E-state index in [0.717, 1.165) is 10.0 Å². The summed E-state index contributed by atoms with van der Waals surface area (Å²) >= 11 is 3.32. The van der Waals surface area contributed by atoms with Crippen LogP contribution in [0.4, 0.5) is 0 Å². The number of methoxy groups -OCH3 is 2. The molecule has 1 amide bonds. The largest absolute Gasteiger partial charge is 0.493 e. The van der Waals surface area contributed by atoms with Crippen LogP contribution in [0.1, 0.15) is 12.5 Å². The maximum absolute atomic E-state index is 12.4. The van der Waals surface area contributed by atoms with Crippen LogP contribution in [0.3, 0.4) is 0 Å². The lowest BCUT2D eigenvalue weighted by atomic mass is 10.2. The van der Waals surface area contributed by atoms with Gasteiger partial charge in [0.25, 0.3) is 5.91 Å². The molecule has 0 aliphatic heterocycles. The van der Waals surface area contributed by atoms with Crippen LogP contribution in [0.5, 0.6) is 17.2 Å². The van der Waals surface area contributed by atoms with Crippen LogP contribution < -0.4 is 14.2 Å². The van der Waals surface area contributed by atoms with E-state index in [1.165, 1.54) is 0 Å². The molecule has 0 N–H and O–H groups in total. The van der Waals surface area contributed by atoms with Gasteiger partial charge in [-0.05, 0) is 48.9 Å². The molecule has 0 saturated carbocycles. The lowest BCUT2D eigenvalue weighted by Crippen LogP contribution is -2.34. The molecule has 29 heavy (non-hydrogen) atoms. The molecule has 0 radical (unpaired) electrons. The van der Waals surface area contributed by atoms with Crippen molar-refractivity contribution in [3.63, 3.8) is 0 Å². The molecule has 0 atom stereocenters. The second kappa shape index (κ2) is 11.3. The molecule has 156 valence electrons. The summed E-state index contributed by atoms with van der Waals surface area (Å²) in [5, 5.41) is 0. The van der Waals surface area contributed by atoms with Crippen molar-refractivity contribution >= 4 is 27.8 Å². The zero-order valence-electron chi connectivity index (χ0n) is 16.6. The van der Waals surface area contributed by atoms with Gasteiger partial charge in [-0.3, -0.25) is 4.79 Å². The Morgan fingerprint density at radius 3 is 2.28 bits per heavy atom. The van der Waals surface area contributed by atoms with Crippen molar-refractivity contribution in [2.75, 3.05) is 34.0 Å². The monoisotopic (exact) mass is 465 g/mol. The minimum Gasteiger partial charge on any atom is -0.493 e. The summed E-state index contributed by atoms with van der Waals surface area (Å²) in [6.07, 6.45) is 0. The summed E-state index contributed by atoms with van der Waals surface area (Å²) in [4.78, 5) is 25.9. The van der Waals surface area contributed by atoms with E-state index >= 15 is 0 Å². The number of amides is 1. The zero-order chi connectivity index (χ0) is 21.2. The van der Waals surface area contributed by atoms with Gasteiger partial charge in [0.05, 0.1) is 14.2 Å². The van der Waals surface area contributed by atoms with Gasteiger partial charge in [-0.2, -0.15) is 0 Å². The fraction of sp³-hybridized carbons (Fsp3) is 0.333. The number of esters is 1. The lowest BCUT2D eigenvalue weighted by Gasteiger charge is -2.21. The van der Waals surface area contributed by atoms with Gasteiger partial charge in [0, 0.05) is 17.6 Å². The van der Waals surface area contributed by atoms with Crippen molar-refractivity contribution in [2.45, 2.75) is 13.5 Å². The molecule has 0 aromatic heterocycles. The maximum Gasteiger partial charge on any atom is 0.344 e. The maximum atomic E-state index is 12.4. The number of likely N-dealkylation sites (N-methyl/N-ethyl adjacent to an activating group) is 1. The van der Waals surface area contributed by atoms with E-state index in [0.29, 0.717) is 30.3 Å². The van der Waals surface area contributed by atoms with E-state index in [9.17, 15) is 9.59 Å². The number of halogens is 1. The summed E-state index contributed by atoms with van der Waals surface area (Å²) < 4.78 is 21.8. The van der Waals surface area contributed by atoms with Gasteiger partial charge in [0.1, 0.15) is 5.75 Å². The smallest absolute Gasteiger partial charge is 0.344 e. The fourth-order valence-electron chi connectivity index (χ4n) is 2.52. The third-order valence-corrected chi connectivity index (χ3v) is 4.61. The summed E-state index contributed by atoms with van der Waals surface area (Å²) in [5.74, 6) is 0.846. The van der Waals surface area contributed by atoms with E-state index in [1.54, 1.807) is 49.5 Å². The third-order valence-electron chi connectivity index (χ3n) is 4.08. The SMILES string of the molecule is CCN(Cc1ccc(OC)c(OC)c1)C(=O)COC(=O)COc1ccc(Br)cc1. The highest BCUT2D eigenvalue weighted by Gasteiger charge is 2.16. The number of rotatable bonds is 10. The number of carbonyl (C=O) groups excluding carboxylic acids is 2. The molecular weight excluding hydrogens is 442 g/mol. The number of hydrogen-bond donors (Lipinski definition) is 0. The van der Waals surface area contributed by atoms with Gasteiger partial charge in [0.2, 0.25) is 0 Å². The molecule has 0 heterocycles. The number of carbonyl (C=O) groups is 2. The van der Waals surface area contributed by atoms with E-state index < -0.39 is 5.97 Å². The Balaban J connectivity index is 1.84. The minimum atomic E-state index is -0.608. The highest BCUT2D eigenvalue weighted by Crippen LogP contribution is 2.28. The second-order valence-electron chi connectivity index (χ2n) is 6.00. The van der Waals surface area contributed by atoms with Crippen molar-refractivity contribution in [1.29, 1.82) is 0 Å². The van der Waals surface area contributed by atoms with E-state index in [1.807, 2.05) is 19.1 Å². The summed E-state index contributed by atoms with van der Waals surface area (Å²) in [6.45, 7) is 2.08. The average molecular weight is 466 g/mol. The molecule has 2 aromatic rings. The van der Waals surface area contributed by atoms with Gasteiger partial charge in [-0.1, -0.05) is 22.0 Å². The van der Waals surface area contributed by atoms with Crippen LogP contribution in [-0.4, -0.2) is 50.8 Å². The van der Waals surface area contributed by atoms with Crippen LogP contribution in [-0.2, 0) is 20.9 Å². The summed E-state index contributed by atoms with van der Waals surface area (Å²) in [6, 6.07) is 12.5. The number of nitrogens with zero attached hydrogens (tertiary/aromatic N) is 1. The van der Waals surface area contributed by atoms with Crippen molar-refractivity contribution in [2.24, 2.45) is 0 Å². The van der Waals surface area contributed by atoms with Gasteiger partial charge in [-0.15, -0.1) is 0 Å². The van der Waals surface area contributed by atoms with Gasteiger partial charge in [-0.25, -0.2) is 4.79 Å². The fourth-order valence-corrected chi connectivity index (χ4v) is 2.79. The Morgan fingerprint density at radius 2 is 1.66 bits per heavy atom. The van der Waals surface area contributed by atoms with Crippen molar-refractivity contribution in [3.8, 4) is 17.2 Å². The number of hydrogen-bond acceptors (Lipinski definition) is 6. The Bertz CT molecular complexity index is 824. The summed E-state index contributed by atoms with van der Waals surface area (Å²) in [7, 11) is 3.12. The van der Waals surface area contributed by atoms with Crippen molar-refractivity contribution < 1.29 is 28.5 Å². The first-order valence-electron chi connectivity index (χ1n) is 8.99. The molecule has 2 rings (SSSR count). The van der Waals surface area contributed by atoms with E-state index in [-0.39, 0.29) is 19.1 Å². The van der Waals surface area contributed by atoms with Crippen LogP contribution in [0.15, 0.2) is 46.9 Å². The first kappa shape index (κ1) is 22.5. The molecular formula is C21H24BrNO6. The highest BCUT2D eigenvalue weighted by atomic mass is 79.9. The number of benzene rings is 2. The molecule has 7 nitrogen and oxygen atoms in total. The Hall–Kier alpha value is -2.74. The topological polar surface area (TPSA) is 74.3 Å². The standard InChI is InChI=1S/C21H24BrNO6/c1-4-23(12-15-5-10-18(26-2)19(11-15)27-3)20(24)13-29-21(25)14-28-17-8-6-16(22)7-9-17/h5-11H,4,12-14H2,1-3H3. The molecule has 0 aliphatic carbocycles. The first-order chi connectivity index (χ1) is 14.0. The molecule has 0 aliphatic rings. The van der Waals surface area contributed by atoms with E-state index in [2.05, 4.69) is 15.9 Å². The van der Waals surface area contributed by atoms with Crippen LogP contribution in [0.2, 0.25) is 0 Å². The van der Waals surface area contributed by atoms with Gasteiger partial charge < -0.3 is 23.8 Å². The van der Waals surface area contributed by atoms with Crippen molar-refractivity contribution in [1.82, 2.24) is 4.90 Å². The van der Waals surface area contributed by atoms with Crippen LogP contribution in [0.25, 0.3) is 0 Å². The third kappa shape index (κ3) is 6.98.